The van der Waals surface area contributed by atoms with Gasteiger partial charge in [0, 0.05) is 13.1 Å². The first kappa shape index (κ1) is 15.9. The lowest BCUT2D eigenvalue weighted by atomic mass is 10.2. The maximum Gasteiger partial charge on any atom is 0.261 e. The van der Waals surface area contributed by atoms with Gasteiger partial charge >= 0.3 is 0 Å². The number of hydrogen-bond acceptors (Lipinski definition) is 1. The maximum absolute atomic E-state index is 12.0. The molecule has 0 aliphatic rings. The molecule has 2 nitrogen and oxygen atoms in total. The number of carbonyl (C=O) groups excluding carboxylic acids is 1. The van der Waals surface area contributed by atoms with Gasteiger partial charge in [0.15, 0.2) is 0 Å². The summed E-state index contributed by atoms with van der Waals surface area (Å²) in [6.45, 7) is 5.93. The molecule has 0 rings (SSSR count). The monoisotopic (exact) mass is 405 g/mol. The molecule has 0 radical (unpaired) electrons. The summed E-state index contributed by atoms with van der Waals surface area (Å²) in [4.78, 5) is 13.9. The second-order valence-electron chi connectivity index (χ2n) is 3.50. The molecule has 0 aromatic rings. The van der Waals surface area contributed by atoms with E-state index in [9.17, 15) is 4.79 Å². The van der Waals surface area contributed by atoms with Crippen molar-refractivity contribution in [3.63, 3.8) is 0 Å². The fraction of sp³-hybridized carbons (Fsp3) is 0.900. The molecule has 0 bridgehead atoms. The Bertz CT molecular complexity index is 184. The normalized spacial score (nSPS) is 11.5. The number of halogens is 3. The second-order valence-corrected chi connectivity index (χ2v) is 10.3. The topological polar surface area (TPSA) is 20.3 Å². The van der Waals surface area contributed by atoms with Crippen molar-refractivity contribution in [2.45, 2.75) is 41.7 Å². The van der Waals surface area contributed by atoms with Crippen LogP contribution in [-0.2, 0) is 4.79 Å². The van der Waals surface area contributed by atoms with Gasteiger partial charge in [-0.2, -0.15) is 0 Å². The molecule has 0 fully saturated rings. The van der Waals surface area contributed by atoms with Gasteiger partial charge in [-0.1, -0.05) is 26.7 Å². The number of alkyl halides is 3. The zero-order valence-corrected chi connectivity index (χ0v) is 14.0. The van der Waals surface area contributed by atoms with Crippen LogP contribution >= 0.6 is 47.8 Å². The van der Waals surface area contributed by atoms with Crippen LogP contribution in [0.25, 0.3) is 0 Å². The van der Waals surface area contributed by atoms with Crippen LogP contribution in [0.2, 0.25) is 0 Å². The highest BCUT2D eigenvalue weighted by Gasteiger charge is 2.32. The summed E-state index contributed by atoms with van der Waals surface area (Å²) in [5, 5.41) is 0. The molecule has 90 valence electrons. The first-order chi connectivity index (χ1) is 6.93. The van der Waals surface area contributed by atoms with Crippen molar-refractivity contribution in [2.75, 3.05) is 13.1 Å². The van der Waals surface area contributed by atoms with Crippen LogP contribution in [0.1, 0.15) is 39.5 Å². The molecule has 1 amide bonds. The molecule has 0 saturated carbocycles. The third-order valence-corrected chi connectivity index (χ3v) is 3.11. The average Bonchev–Trinajstić information content (AvgIpc) is 2.16. The molecule has 15 heavy (non-hydrogen) atoms. The van der Waals surface area contributed by atoms with Gasteiger partial charge in [0.25, 0.3) is 5.91 Å². The van der Waals surface area contributed by atoms with E-state index in [1.165, 1.54) is 0 Å². The number of carbonyl (C=O) groups is 1. The van der Waals surface area contributed by atoms with Crippen molar-refractivity contribution in [1.82, 2.24) is 4.90 Å². The Labute approximate surface area is 118 Å². The van der Waals surface area contributed by atoms with Crippen molar-refractivity contribution in [2.24, 2.45) is 0 Å². The van der Waals surface area contributed by atoms with E-state index in [1.54, 1.807) is 0 Å². The van der Waals surface area contributed by atoms with E-state index < -0.39 is 2.14 Å². The molecular formula is C10H18Br3NO. The number of amides is 1. The molecule has 0 N–H and O–H groups in total. The van der Waals surface area contributed by atoms with E-state index in [-0.39, 0.29) is 5.91 Å². The summed E-state index contributed by atoms with van der Waals surface area (Å²) in [6, 6.07) is 0. The Hall–Kier alpha value is 0.910. The molecular weight excluding hydrogens is 390 g/mol. The fourth-order valence-electron chi connectivity index (χ4n) is 1.19. The van der Waals surface area contributed by atoms with Gasteiger partial charge in [0.2, 0.25) is 2.14 Å². The SMILES string of the molecule is CCCCN(CCCC)C(=O)C(Br)(Br)Br. The lowest BCUT2D eigenvalue weighted by Gasteiger charge is -2.26. The third-order valence-electron chi connectivity index (χ3n) is 2.09. The quantitative estimate of drug-likeness (QED) is 0.602. The van der Waals surface area contributed by atoms with Gasteiger partial charge in [0.05, 0.1) is 0 Å². The second kappa shape index (κ2) is 8.07. The molecule has 5 heteroatoms. The Kier molecular flexibility index (Phi) is 8.56. The number of rotatable bonds is 6. The summed E-state index contributed by atoms with van der Waals surface area (Å²) in [7, 11) is 0. The van der Waals surface area contributed by atoms with Gasteiger partial charge in [-0.3, -0.25) is 4.79 Å². The summed E-state index contributed by atoms with van der Waals surface area (Å²) < 4.78 is -0.797. The first-order valence-electron chi connectivity index (χ1n) is 5.29. The van der Waals surface area contributed by atoms with Gasteiger partial charge in [-0.15, -0.1) is 0 Å². The number of hydrogen-bond donors (Lipinski definition) is 0. The van der Waals surface area contributed by atoms with E-state index in [1.807, 2.05) is 4.90 Å². The highest BCUT2D eigenvalue weighted by molar-refractivity contribution is 9.40. The Morgan fingerprint density at radius 1 is 1.07 bits per heavy atom. The molecule has 0 aromatic heterocycles. The van der Waals surface area contributed by atoms with Crippen LogP contribution in [0, 0.1) is 0 Å². The Balaban J connectivity index is 4.27. The molecule has 0 aromatic carbocycles. The molecule has 0 unspecified atom stereocenters. The minimum absolute atomic E-state index is 0.0457. The van der Waals surface area contributed by atoms with Crippen molar-refractivity contribution < 1.29 is 4.79 Å². The van der Waals surface area contributed by atoms with E-state index in [0.717, 1.165) is 38.8 Å². The maximum atomic E-state index is 12.0. The van der Waals surface area contributed by atoms with E-state index in [4.69, 9.17) is 0 Å². The zero-order chi connectivity index (χ0) is 11.9. The van der Waals surface area contributed by atoms with Gasteiger partial charge in [-0.25, -0.2) is 0 Å². The van der Waals surface area contributed by atoms with E-state index >= 15 is 0 Å². The summed E-state index contributed by atoms with van der Waals surface area (Å²) in [6.07, 6.45) is 4.32. The predicted molar refractivity (Wildman–Crippen MR) is 75.9 cm³/mol. The predicted octanol–water partition coefficient (Wildman–Crippen LogP) is 4.25. The number of nitrogens with zero attached hydrogens (tertiary/aromatic N) is 1. The van der Waals surface area contributed by atoms with Crippen LogP contribution in [0.3, 0.4) is 0 Å². The van der Waals surface area contributed by atoms with Crippen molar-refractivity contribution in [3.8, 4) is 0 Å². The summed E-state index contributed by atoms with van der Waals surface area (Å²) >= 11 is 9.81. The summed E-state index contributed by atoms with van der Waals surface area (Å²) in [5.74, 6) is 0.0457. The minimum Gasteiger partial charge on any atom is -0.340 e. The van der Waals surface area contributed by atoms with Gasteiger partial charge in [-0.05, 0) is 60.6 Å². The highest BCUT2D eigenvalue weighted by Crippen LogP contribution is 2.35. The molecule has 0 aliphatic carbocycles. The van der Waals surface area contributed by atoms with Crippen LogP contribution in [0.4, 0.5) is 0 Å². The lowest BCUT2D eigenvalue weighted by Crippen LogP contribution is -2.39. The van der Waals surface area contributed by atoms with Crippen molar-refractivity contribution >= 4 is 53.7 Å². The van der Waals surface area contributed by atoms with E-state index in [0.29, 0.717) is 0 Å². The smallest absolute Gasteiger partial charge is 0.261 e. The minimum atomic E-state index is -0.797. The molecule has 0 saturated heterocycles. The first-order valence-corrected chi connectivity index (χ1v) is 7.67. The summed E-state index contributed by atoms with van der Waals surface area (Å²) in [5.41, 5.74) is 0. The largest absolute Gasteiger partial charge is 0.340 e. The standard InChI is InChI=1S/C10H18Br3NO/c1-3-5-7-14(8-6-4-2)9(15)10(11,12)13/h3-8H2,1-2H3. The lowest BCUT2D eigenvalue weighted by molar-refractivity contribution is -0.129. The fourth-order valence-corrected chi connectivity index (χ4v) is 1.94. The van der Waals surface area contributed by atoms with Crippen LogP contribution in [0.15, 0.2) is 0 Å². The molecule has 0 heterocycles. The number of unbranched alkanes of at least 4 members (excludes halogenated alkanes) is 2. The molecule has 0 spiro atoms. The average molecular weight is 408 g/mol. The zero-order valence-electron chi connectivity index (χ0n) is 9.23. The Morgan fingerprint density at radius 3 is 1.73 bits per heavy atom. The third kappa shape index (κ3) is 6.95. The van der Waals surface area contributed by atoms with E-state index in [2.05, 4.69) is 61.6 Å². The van der Waals surface area contributed by atoms with Crippen LogP contribution in [0.5, 0.6) is 0 Å². The Morgan fingerprint density at radius 2 is 1.47 bits per heavy atom. The van der Waals surface area contributed by atoms with Crippen molar-refractivity contribution in [1.29, 1.82) is 0 Å². The van der Waals surface area contributed by atoms with Crippen molar-refractivity contribution in [3.05, 3.63) is 0 Å². The van der Waals surface area contributed by atoms with Crippen LogP contribution < -0.4 is 0 Å². The van der Waals surface area contributed by atoms with Gasteiger partial charge in [0.1, 0.15) is 0 Å². The van der Waals surface area contributed by atoms with Gasteiger partial charge < -0.3 is 4.90 Å². The highest BCUT2D eigenvalue weighted by atomic mass is 80.0. The van der Waals surface area contributed by atoms with Crippen LogP contribution in [-0.4, -0.2) is 26.0 Å². The molecule has 0 aliphatic heterocycles. The molecule has 0 atom stereocenters.